The topological polar surface area (TPSA) is 72.9 Å². The third-order valence-corrected chi connectivity index (χ3v) is 3.50. The maximum atomic E-state index is 12.1. The predicted molar refractivity (Wildman–Crippen MR) is 93.4 cm³/mol. The summed E-state index contributed by atoms with van der Waals surface area (Å²) in [4.78, 5) is 12.1. The van der Waals surface area contributed by atoms with E-state index >= 15 is 0 Å². The van der Waals surface area contributed by atoms with Crippen LogP contribution < -0.4 is 11.1 Å². The second kappa shape index (κ2) is 6.96. The van der Waals surface area contributed by atoms with E-state index in [-0.39, 0.29) is 17.4 Å². The molecule has 124 valence electrons. The molecule has 23 heavy (non-hydrogen) atoms. The quantitative estimate of drug-likeness (QED) is 0.891. The third-order valence-electron chi connectivity index (χ3n) is 3.50. The van der Waals surface area contributed by atoms with Crippen molar-refractivity contribution in [3.63, 3.8) is 0 Å². The fourth-order valence-corrected chi connectivity index (χ4v) is 2.25. The second-order valence-corrected chi connectivity index (χ2v) is 7.04. The maximum absolute atomic E-state index is 12.1. The van der Waals surface area contributed by atoms with Crippen LogP contribution in [0.3, 0.4) is 0 Å². The first-order chi connectivity index (χ1) is 10.8. The predicted octanol–water partition coefficient (Wildman–Crippen LogP) is 2.90. The number of nitrogens with two attached hydrogens (primary N) is 1. The number of benzene rings is 1. The summed E-state index contributed by atoms with van der Waals surface area (Å²) >= 11 is 0. The molecule has 3 N–H and O–H groups in total. The van der Waals surface area contributed by atoms with Crippen molar-refractivity contribution < 1.29 is 4.79 Å². The minimum absolute atomic E-state index is 0.0808. The van der Waals surface area contributed by atoms with Crippen molar-refractivity contribution in [3.05, 3.63) is 47.7 Å². The van der Waals surface area contributed by atoms with E-state index in [0.717, 1.165) is 11.3 Å². The number of hydrogen-bond donors (Lipinski definition) is 2. The minimum Gasteiger partial charge on any atom is -0.327 e. The van der Waals surface area contributed by atoms with Crippen molar-refractivity contribution in [1.29, 1.82) is 0 Å². The summed E-state index contributed by atoms with van der Waals surface area (Å²) in [5.74, 6) is 0.624. The fraction of sp³-hybridized carbons (Fsp3) is 0.444. The first kappa shape index (κ1) is 17.2. The highest BCUT2D eigenvalue weighted by atomic mass is 16.1. The zero-order chi connectivity index (χ0) is 17.0. The molecule has 1 aromatic heterocycles. The third kappa shape index (κ3) is 4.93. The van der Waals surface area contributed by atoms with Crippen LogP contribution in [0, 0.1) is 0 Å². The van der Waals surface area contributed by atoms with Gasteiger partial charge >= 0.3 is 0 Å². The van der Waals surface area contributed by atoms with Crippen LogP contribution in [-0.2, 0) is 16.8 Å². The lowest BCUT2D eigenvalue weighted by molar-refractivity contribution is -0.116. The number of carbonyl (C=O) groups excluding carboxylic acids is 1. The molecule has 1 aromatic carbocycles. The molecule has 1 atom stereocenters. The van der Waals surface area contributed by atoms with E-state index in [1.165, 1.54) is 0 Å². The van der Waals surface area contributed by atoms with Gasteiger partial charge in [-0.25, -0.2) is 4.68 Å². The highest BCUT2D eigenvalue weighted by molar-refractivity contribution is 5.90. The number of anilines is 1. The number of carbonyl (C=O) groups is 1. The van der Waals surface area contributed by atoms with Crippen LogP contribution in [0.25, 0.3) is 0 Å². The van der Waals surface area contributed by atoms with Gasteiger partial charge in [0.2, 0.25) is 5.91 Å². The van der Waals surface area contributed by atoms with Gasteiger partial charge in [0.1, 0.15) is 5.82 Å². The number of nitrogens with one attached hydrogen (secondary N) is 1. The molecular formula is C18H26N4O. The molecule has 0 aliphatic heterocycles. The average Bonchev–Trinajstić information content (AvgIpc) is 2.82. The molecule has 2 aromatic rings. The van der Waals surface area contributed by atoms with E-state index < -0.39 is 0 Å². The molecular weight excluding hydrogens is 288 g/mol. The zero-order valence-corrected chi connectivity index (χ0v) is 14.3. The summed E-state index contributed by atoms with van der Waals surface area (Å²) in [5, 5.41) is 7.62. The molecule has 0 aliphatic carbocycles. The molecule has 1 amide bonds. The molecule has 1 unspecified atom stereocenters. The Labute approximate surface area is 137 Å². The molecule has 5 heteroatoms. The molecule has 0 fully saturated rings. The van der Waals surface area contributed by atoms with Gasteiger partial charge in [-0.2, -0.15) is 5.10 Å². The molecule has 2 rings (SSSR count). The lowest BCUT2D eigenvalue weighted by Crippen LogP contribution is -2.25. The van der Waals surface area contributed by atoms with Crippen LogP contribution in [0.2, 0.25) is 0 Å². The average molecular weight is 314 g/mol. The van der Waals surface area contributed by atoms with Crippen LogP contribution >= 0.6 is 0 Å². The van der Waals surface area contributed by atoms with E-state index in [0.29, 0.717) is 18.8 Å². The van der Waals surface area contributed by atoms with Gasteiger partial charge in [-0.05, 0) is 12.5 Å². The zero-order valence-electron chi connectivity index (χ0n) is 14.3. The summed E-state index contributed by atoms with van der Waals surface area (Å²) < 4.78 is 1.84. The summed E-state index contributed by atoms with van der Waals surface area (Å²) in [7, 11) is 0. The van der Waals surface area contributed by atoms with E-state index in [4.69, 9.17) is 5.73 Å². The van der Waals surface area contributed by atoms with Crippen LogP contribution in [0.4, 0.5) is 5.82 Å². The van der Waals surface area contributed by atoms with Crippen LogP contribution in [0.1, 0.15) is 45.4 Å². The summed E-state index contributed by atoms with van der Waals surface area (Å²) in [6.07, 6.45) is 0.293. The fourth-order valence-electron chi connectivity index (χ4n) is 2.25. The van der Waals surface area contributed by atoms with E-state index in [9.17, 15) is 4.79 Å². The second-order valence-electron chi connectivity index (χ2n) is 7.04. The number of nitrogens with zero attached hydrogens (tertiary/aromatic N) is 2. The molecule has 5 nitrogen and oxygen atoms in total. The number of rotatable bonds is 5. The first-order valence-electron chi connectivity index (χ1n) is 7.93. The van der Waals surface area contributed by atoms with Crippen LogP contribution in [0.15, 0.2) is 36.4 Å². The van der Waals surface area contributed by atoms with Crippen molar-refractivity contribution in [2.75, 3.05) is 5.32 Å². The maximum Gasteiger partial charge on any atom is 0.227 e. The van der Waals surface area contributed by atoms with Gasteiger partial charge < -0.3 is 11.1 Å². The first-order valence-corrected chi connectivity index (χ1v) is 7.93. The lowest BCUT2D eigenvalue weighted by atomic mass is 9.92. The van der Waals surface area contributed by atoms with Crippen molar-refractivity contribution in [1.82, 2.24) is 9.78 Å². The standard InChI is InChI=1S/C18H26N4O/c1-13(19)10-17(23)20-16-11-15(18(2,3)4)21-22(16)12-14-8-6-5-7-9-14/h5-9,11,13H,10,12,19H2,1-4H3,(H,20,23). The van der Waals surface area contributed by atoms with Gasteiger partial charge in [0.05, 0.1) is 12.2 Å². The smallest absolute Gasteiger partial charge is 0.227 e. The number of hydrogen-bond acceptors (Lipinski definition) is 3. The Morgan fingerprint density at radius 3 is 2.52 bits per heavy atom. The Morgan fingerprint density at radius 1 is 1.30 bits per heavy atom. The molecule has 0 saturated heterocycles. The van der Waals surface area contributed by atoms with Crippen molar-refractivity contribution in [2.24, 2.45) is 5.73 Å². The number of amides is 1. The van der Waals surface area contributed by atoms with Gasteiger partial charge in [0.15, 0.2) is 0 Å². The normalized spacial score (nSPS) is 12.9. The Hall–Kier alpha value is -2.14. The van der Waals surface area contributed by atoms with Crippen molar-refractivity contribution in [2.45, 2.75) is 52.1 Å². The summed E-state index contributed by atoms with van der Waals surface area (Å²) in [6.45, 7) is 8.76. The summed E-state index contributed by atoms with van der Waals surface area (Å²) in [5.41, 5.74) is 7.71. The summed E-state index contributed by atoms with van der Waals surface area (Å²) in [6, 6.07) is 11.9. The monoisotopic (exact) mass is 314 g/mol. The van der Waals surface area contributed by atoms with Gasteiger partial charge in [-0.3, -0.25) is 4.79 Å². The molecule has 0 spiro atoms. The van der Waals surface area contributed by atoms with Crippen molar-refractivity contribution >= 4 is 11.7 Å². The van der Waals surface area contributed by atoms with Crippen LogP contribution in [-0.4, -0.2) is 21.7 Å². The van der Waals surface area contributed by atoms with E-state index in [2.05, 4.69) is 31.2 Å². The molecule has 0 bridgehead atoms. The Morgan fingerprint density at radius 2 is 1.96 bits per heavy atom. The van der Waals surface area contributed by atoms with Gasteiger partial charge in [0, 0.05) is 23.9 Å². The van der Waals surface area contributed by atoms with Gasteiger partial charge in [0.25, 0.3) is 0 Å². The van der Waals surface area contributed by atoms with Crippen molar-refractivity contribution in [3.8, 4) is 0 Å². The van der Waals surface area contributed by atoms with Gasteiger partial charge in [-0.1, -0.05) is 51.1 Å². The minimum atomic E-state index is -0.164. The Balaban J connectivity index is 2.27. The largest absolute Gasteiger partial charge is 0.327 e. The van der Waals surface area contributed by atoms with Gasteiger partial charge in [-0.15, -0.1) is 0 Å². The Kier molecular flexibility index (Phi) is 5.21. The van der Waals surface area contributed by atoms with Crippen LogP contribution in [0.5, 0.6) is 0 Å². The van der Waals surface area contributed by atoms with E-state index in [1.54, 1.807) is 0 Å². The molecule has 0 aliphatic rings. The SMILES string of the molecule is CC(N)CC(=O)Nc1cc(C(C)(C)C)nn1Cc1ccccc1. The Bertz CT molecular complexity index is 653. The molecule has 1 heterocycles. The molecule has 0 radical (unpaired) electrons. The highest BCUT2D eigenvalue weighted by Gasteiger charge is 2.21. The number of aromatic nitrogens is 2. The highest BCUT2D eigenvalue weighted by Crippen LogP contribution is 2.24. The molecule has 0 saturated carbocycles. The lowest BCUT2D eigenvalue weighted by Gasteiger charge is -2.14. The van der Waals surface area contributed by atoms with E-state index in [1.807, 2.05) is 48.0 Å².